The zero-order valence-electron chi connectivity index (χ0n) is 21.3. The van der Waals surface area contributed by atoms with E-state index in [9.17, 15) is 13.0 Å². The molecular weight excluding hydrogens is 439 g/mol. The Morgan fingerprint density at radius 3 is 1.73 bits per heavy atom. The molecule has 33 heavy (non-hydrogen) atoms. The second-order valence-electron chi connectivity index (χ2n) is 9.30. The summed E-state index contributed by atoms with van der Waals surface area (Å²) in [5.41, 5.74) is 2.15. The van der Waals surface area contributed by atoms with Gasteiger partial charge in [-0.15, -0.1) is 0 Å². The van der Waals surface area contributed by atoms with Crippen LogP contribution in [0, 0.1) is 0 Å². The molecule has 0 fully saturated rings. The molecule has 0 N–H and O–H groups in total. The maximum absolute atomic E-state index is 12.0. The van der Waals surface area contributed by atoms with E-state index in [1.807, 2.05) is 6.07 Å². The van der Waals surface area contributed by atoms with Crippen molar-refractivity contribution < 1.29 is 42.5 Å². The van der Waals surface area contributed by atoms with Crippen LogP contribution in [-0.2, 0) is 23.0 Å². The van der Waals surface area contributed by atoms with E-state index in [0.717, 1.165) is 43.1 Å². The van der Waals surface area contributed by atoms with Gasteiger partial charge >= 0.3 is 29.6 Å². The molecule has 0 aliphatic carbocycles. The van der Waals surface area contributed by atoms with Gasteiger partial charge in [0.1, 0.15) is 10.1 Å². The molecule has 0 heterocycles. The van der Waals surface area contributed by atoms with Gasteiger partial charge in [0.15, 0.2) is 0 Å². The van der Waals surface area contributed by atoms with Gasteiger partial charge in [-0.25, -0.2) is 8.42 Å². The first-order valence-electron chi connectivity index (χ1n) is 13.0. The van der Waals surface area contributed by atoms with E-state index in [1.54, 1.807) is 12.1 Å². The SMILES string of the molecule is CCCCCCCCCc1cc(S(=O)(=O)[O-])c2cccc(CCCCCCCCC)c2c1.[Na+]. The largest absolute Gasteiger partial charge is 1.00 e. The Bertz CT molecular complexity index is 909. The molecule has 0 aliphatic heterocycles. The van der Waals surface area contributed by atoms with E-state index in [4.69, 9.17) is 0 Å². The van der Waals surface area contributed by atoms with Crippen LogP contribution in [0.1, 0.15) is 115 Å². The number of hydrogen-bond donors (Lipinski definition) is 0. The van der Waals surface area contributed by atoms with Crippen LogP contribution < -0.4 is 29.6 Å². The number of aryl methyl sites for hydroxylation is 2. The van der Waals surface area contributed by atoms with Crippen LogP contribution in [0.25, 0.3) is 10.8 Å². The van der Waals surface area contributed by atoms with Gasteiger partial charge in [0, 0.05) is 0 Å². The molecule has 2 aromatic carbocycles. The molecule has 0 unspecified atom stereocenters. The molecular formula is C28H43NaO3S. The molecule has 0 spiro atoms. The minimum Gasteiger partial charge on any atom is -0.744 e. The monoisotopic (exact) mass is 482 g/mol. The molecule has 0 radical (unpaired) electrons. The van der Waals surface area contributed by atoms with Crippen LogP contribution >= 0.6 is 0 Å². The molecule has 2 rings (SSSR count). The molecule has 0 saturated carbocycles. The molecule has 5 heteroatoms. The first kappa shape index (κ1) is 30.6. The fourth-order valence-electron chi connectivity index (χ4n) is 4.60. The summed E-state index contributed by atoms with van der Waals surface area (Å²) < 4.78 is 36.1. The van der Waals surface area contributed by atoms with Crippen molar-refractivity contribution in [3.63, 3.8) is 0 Å². The average molecular weight is 483 g/mol. The Labute approximate surface area is 225 Å². The van der Waals surface area contributed by atoms with Crippen molar-refractivity contribution in [2.24, 2.45) is 0 Å². The fraction of sp³-hybridized carbons (Fsp3) is 0.643. The van der Waals surface area contributed by atoms with Gasteiger partial charge in [-0.2, -0.15) is 0 Å². The molecule has 180 valence electrons. The summed E-state index contributed by atoms with van der Waals surface area (Å²) in [5.74, 6) is 0. The van der Waals surface area contributed by atoms with Crippen LogP contribution in [0.2, 0.25) is 0 Å². The Kier molecular flexibility index (Phi) is 15.9. The van der Waals surface area contributed by atoms with Gasteiger partial charge in [0.25, 0.3) is 0 Å². The second-order valence-corrected chi connectivity index (χ2v) is 10.7. The summed E-state index contributed by atoms with van der Waals surface area (Å²) in [6.45, 7) is 4.46. The third kappa shape index (κ3) is 11.3. The summed E-state index contributed by atoms with van der Waals surface area (Å²) in [7, 11) is -4.50. The Morgan fingerprint density at radius 2 is 1.18 bits per heavy atom. The van der Waals surface area contributed by atoms with E-state index < -0.39 is 10.1 Å². The van der Waals surface area contributed by atoms with Crippen LogP contribution in [-0.4, -0.2) is 13.0 Å². The van der Waals surface area contributed by atoms with Gasteiger partial charge in [-0.1, -0.05) is 115 Å². The third-order valence-electron chi connectivity index (χ3n) is 6.50. The van der Waals surface area contributed by atoms with Crippen molar-refractivity contribution in [3.05, 3.63) is 41.5 Å². The number of rotatable bonds is 17. The van der Waals surface area contributed by atoms with Crippen molar-refractivity contribution in [2.45, 2.75) is 121 Å². The van der Waals surface area contributed by atoms with Gasteiger partial charge in [0.05, 0.1) is 4.90 Å². The van der Waals surface area contributed by atoms with E-state index in [1.165, 1.54) is 76.2 Å². The molecule has 0 amide bonds. The minimum absolute atomic E-state index is 0. The Morgan fingerprint density at radius 1 is 0.667 bits per heavy atom. The fourth-order valence-corrected chi connectivity index (χ4v) is 5.34. The zero-order valence-corrected chi connectivity index (χ0v) is 24.1. The summed E-state index contributed by atoms with van der Waals surface area (Å²) in [6, 6.07) is 9.53. The van der Waals surface area contributed by atoms with E-state index in [2.05, 4.69) is 26.0 Å². The van der Waals surface area contributed by atoms with E-state index in [-0.39, 0.29) is 34.5 Å². The van der Waals surface area contributed by atoms with Crippen LogP contribution in [0.5, 0.6) is 0 Å². The quantitative estimate of drug-likeness (QED) is 0.174. The van der Waals surface area contributed by atoms with Crippen molar-refractivity contribution in [2.75, 3.05) is 0 Å². The van der Waals surface area contributed by atoms with Crippen LogP contribution in [0.3, 0.4) is 0 Å². The maximum atomic E-state index is 12.0. The summed E-state index contributed by atoms with van der Waals surface area (Å²) in [5, 5.41) is 1.54. The van der Waals surface area contributed by atoms with Crippen molar-refractivity contribution in [1.29, 1.82) is 0 Å². The molecule has 0 aromatic heterocycles. The Balaban J connectivity index is 0.00000544. The number of unbranched alkanes of at least 4 members (excludes halogenated alkanes) is 12. The smallest absolute Gasteiger partial charge is 0.744 e. The maximum Gasteiger partial charge on any atom is 1.00 e. The number of benzene rings is 2. The van der Waals surface area contributed by atoms with Crippen LogP contribution in [0.4, 0.5) is 0 Å². The standard InChI is InChI=1S/C28H44O3S.Na/c1-3-5-7-9-11-13-15-18-24-22-27-25(19-16-14-12-10-8-6-4-2)20-17-21-26(27)28(23-24)32(29,30)31;/h17,20-23H,3-16,18-19H2,1-2H3,(H,29,30,31);/q;+1/p-1. The molecule has 0 aliphatic rings. The van der Waals surface area contributed by atoms with Crippen molar-refractivity contribution >= 4 is 20.9 Å². The predicted octanol–water partition coefficient (Wildman–Crippen LogP) is 5.33. The first-order valence-corrected chi connectivity index (χ1v) is 14.4. The topological polar surface area (TPSA) is 57.2 Å². The van der Waals surface area contributed by atoms with Gasteiger partial charge in [0.2, 0.25) is 0 Å². The molecule has 0 bridgehead atoms. The molecule has 2 aromatic rings. The predicted molar refractivity (Wildman–Crippen MR) is 135 cm³/mol. The Hall–Kier alpha value is -0.390. The summed E-state index contributed by atoms with van der Waals surface area (Å²) in [4.78, 5) is -0.0469. The van der Waals surface area contributed by atoms with Gasteiger partial charge in [-0.3, -0.25) is 0 Å². The molecule has 0 atom stereocenters. The average Bonchev–Trinajstić information content (AvgIpc) is 2.77. The summed E-state index contributed by atoms with van der Waals surface area (Å²) >= 11 is 0. The normalized spacial score (nSPS) is 11.6. The number of fused-ring (bicyclic) bond motifs is 1. The van der Waals surface area contributed by atoms with Gasteiger partial charge in [-0.05, 0) is 53.6 Å². The third-order valence-corrected chi connectivity index (χ3v) is 7.37. The van der Waals surface area contributed by atoms with E-state index >= 15 is 0 Å². The zero-order chi connectivity index (χ0) is 23.2. The van der Waals surface area contributed by atoms with Gasteiger partial charge < -0.3 is 4.55 Å². The molecule has 3 nitrogen and oxygen atoms in total. The first-order chi connectivity index (χ1) is 15.5. The van der Waals surface area contributed by atoms with E-state index in [0.29, 0.717) is 5.39 Å². The van der Waals surface area contributed by atoms with Crippen LogP contribution in [0.15, 0.2) is 35.2 Å². The van der Waals surface area contributed by atoms with Crippen molar-refractivity contribution in [1.82, 2.24) is 0 Å². The molecule has 0 saturated heterocycles. The van der Waals surface area contributed by atoms with Crippen molar-refractivity contribution in [3.8, 4) is 0 Å². The minimum atomic E-state index is -4.50. The number of hydrogen-bond acceptors (Lipinski definition) is 3. The second kappa shape index (κ2) is 17.1. The summed E-state index contributed by atoms with van der Waals surface area (Å²) in [6.07, 6.45) is 19.1.